The average molecular weight is 356 g/mol. The zero-order chi connectivity index (χ0) is 14.8. The lowest BCUT2D eigenvalue weighted by molar-refractivity contribution is -0.0490. The van der Waals surface area contributed by atoms with E-state index >= 15 is 0 Å². The molecule has 1 fully saturated rings. The lowest BCUT2D eigenvalue weighted by atomic mass is 9.91. The molecule has 126 valence electrons. The first kappa shape index (κ1) is 21.0. The van der Waals surface area contributed by atoms with Gasteiger partial charge in [0.15, 0.2) is 0 Å². The zero-order valence-electron chi connectivity index (χ0n) is 12.3. The Hall–Kier alpha value is -0.980. The van der Waals surface area contributed by atoms with E-state index < -0.39 is 5.92 Å². The number of alkyl halides is 2. The Kier molecular flexibility index (Phi) is 8.22. The van der Waals surface area contributed by atoms with Crippen LogP contribution in [0, 0.1) is 0 Å². The van der Waals surface area contributed by atoms with Crippen LogP contribution in [0.1, 0.15) is 41.9 Å². The molecule has 0 bridgehead atoms. The molecule has 1 amide bonds. The Labute approximate surface area is 141 Å². The average Bonchev–Trinajstić information content (AvgIpc) is 2.46. The third-order valence-corrected chi connectivity index (χ3v) is 3.79. The van der Waals surface area contributed by atoms with Crippen molar-refractivity contribution in [2.75, 3.05) is 7.05 Å². The molecule has 1 aromatic rings. The van der Waals surface area contributed by atoms with Crippen LogP contribution in [0.2, 0.25) is 0 Å². The summed E-state index contributed by atoms with van der Waals surface area (Å²) in [5, 5.41) is 0. The fraction of sp³-hybridized carbons (Fsp3) is 0.571. The fourth-order valence-corrected chi connectivity index (χ4v) is 2.47. The van der Waals surface area contributed by atoms with Gasteiger partial charge in [-0.15, -0.1) is 24.8 Å². The van der Waals surface area contributed by atoms with Crippen LogP contribution >= 0.6 is 24.8 Å². The molecule has 0 unspecified atom stereocenters. The van der Waals surface area contributed by atoms with Crippen LogP contribution in [0.25, 0.3) is 0 Å². The summed E-state index contributed by atoms with van der Waals surface area (Å²) in [5.74, 6) is -2.83. The van der Waals surface area contributed by atoms with Gasteiger partial charge in [0.1, 0.15) is 5.69 Å². The monoisotopic (exact) mass is 355 g/mol. The molecule has 0 aromatic carbocycles. The standard InChI is InChI=1S/C14H19F2N3O.2ClH/c1-19(11-5-7-14(15,16)8-6-11)13(20)12-4-2-3-10(9-17)18-12;;/h2-4,11H,5-9,17H2,1H3;2*1H. The molecule has 1 saturated carbocycles. The molecule has 8 heteroatoms. The Bertz CT molecular complexity index is 493. The molecule has 0 saturated heterocycles. The van der Waals surface area contributed by atoms with E-state index in [0.29, 0.717) is 24.2 Å². The van der Waals surface area contributed by atoms with Crippen LogP contribution in [-0.2, 0) is 6.54 Å². The lowest BCUT2D eigenvalue weighted by Crippen LogP contribution is -2.42. The third-order valence-electron chi connectivity index (χ3n) is 3.79. The summed E-state index contributed by atoms with van der Waals surface area (Å²) in [5.41, 5.74) is 6.45. The fourth-order valence-electron chi connectivity index (χ4n) is 2.47. The molecule has 1 aliphatic rings. The number of carbonyl (C=O) groups is 1. The van der Waals surface area contributed by atoms with Crippen LogP contribution in [0.3, 0.4) is 0 Å². The Morgan fingerprint density at radius 1 is 1.36 bits per heavy atom. The number of hydrogen-bond donors (Lipinski definition) is 1. The van der Waals surface area contributed by atoms with Gasteiger partial charge in [0.05, 0.1) is 5.69 Å². The second-order valence-electron chi connectivity index (χ2n) is 5.22. The molecule has 0 atom stereocenters. The highest BCUT2D eigenvalue weighted by Gasteiger charge is 2.37. The van der Waals surface area contributed by atoms with Crippen molar-refractivity contribution in [3.8, 4) is 0 Å². The highest BCUT2D eigenvalue weighted by molar-refractivity contribution is 5.92. The van der Waals surface area contributed by atoms with E-state index in [9.17, 15) is 13.6 Å². The van der Waals surface area contributed by atoms with Crippen molar-refractivity contribution < 1.29 is 13.6 Å². The minimum atomic E-state index is -2.59. The SMILES string of the molecule is CN(C(=O)c1cccc(CN)n1)C1CCC(F)(F)CC1.Cl.Cl. The summed E-state index contributed by atoms with van der Waals surface area (Å²) in [6.45, 7) is 0.264. The summed E-state index contributed by atoms with van der Waals surface area (Å²) >= 11 is 0. The summed E-state index contributed by atoms with van der Waals surface area (Å²) in [6, 6.07) is 4.95. The molecule has 2 rings (SSSR count). The van der Waals surface area contributed by atoms with E-state index in [2.05, 4.69) is 4.98 Å². The maximum absolute atomic E-state index is 13.1. The van der Waals surface area contributed by atoms with Gasteiger partial charge >= 0.3 is 0 Å². The Balaban J connectivity index is 0.00000220. The Morgan fingerprint density at radius 2 is 1.95 bits per heavy atom. The maximum Gasteiger partial charge on any atom is 0.272 e. The van der Waals surface area contributed by atoms with Gasteiger partial charge in [-0.2, -0.15) is 0 Å². The van der Waals surface area contributed by atoms with E-state index in [1.54, 1.807) is 25.2 Å². The molecule has 0 aliphatic heterocycles. The molecule has 4 nitrogen and oxygen atoms in total. The number of aromatic nitrogens is 1. The van der Waals surface area contributed by atoms with E-state index in [1.807, 2.05) is 0 Å². The van der Waals surface area contributed by atoms with Gasteiger partial charge in [-0.05, 0) is 25.0 Å². The molecule has 1 aliphatic carbocycles. The first-order chi connectivity index (χ1) is 9.43. The smallest absolute Gasteiger partial charge is 0.272 e. The highest BCUT2D eigenvalue weighted by Crippen LogP contribution is 2.34. The number of rotatable bonds is 3. The molecule has 1 heterocycles. The number of halogens is 4. The first-order valence-corrected chi connectivity index (χ1v) is 6.74. The van der Waals surface area contributed by atoms with E-state index in [-0.39, 0.29) is 56.1 Å². The molecular weight excluding hydrogens is 335 g/mol. The van der Waals surface area contributed by atoms with Crippen molar-refractivity contribution in [3.63, 3.8) is 0 Å². The normalized spacial score (nSPS) is 17.1. The molecule has 0 spiro atoms. The predicted molar refractivity (Wildman–Crippen MR) is 85.9 cm³/mol. The van der Waals surface area contributed by atoms with Gasteiger partial charge in [0.25, 0.3) is 5.91 Å². The van der Waals surface area contributed by atoms with Crippen LogP contribution < -0.4 is 5.73 Å². The van der Waals surface area contributed by atoms with E-state index in [0.717, 1.165) is 0 Å². The minimum absolute atomic E-state index is 0. The van der Waals surface area contributed by atoms with Crippen LogP contribution in [0.5, 0.6) is 0 Å². The molecule has 2 N–H and O–H groups in total. The van der Waals surface area contributed by atoms with Crippen LogP contribution in [-0.4, -0.2) is 34.8 Å². The second-order valence-corrected chi connectivity index (χ2v) is 5.22. The predicted octanol–water partition coefficient (Wildman–Crippen LogP) is 3.03. The molecule has 1 aromatic heterocycles. The molecular formula is C14H21Cl2F2N3O. The van der Waals surface area contributed by atoms with Gasteiger partial charge in [-0.3, -0.25) is 4.79 Å². The van der Waals surface area contributed by atoms with E-state index in [4.69, 9.17) is 5.73 Å². The van der Waals surface area contributed by atoms with Crippen molar-refractivity contribution in [2.45, 2.75) is 44.2 Å². The quantitative estimate of drug-likeness (QED) is 0.906. The van der Waals surface area contributed by atoms with Gasteiger partial charge in [-0.1, -0.05) is 6.07 Å². The summed E-state index contributed by atoms with van der Waals surface area (Å²) in [6.07, 6.45) is 0.328. The summed E-state index contributed by atoms with van der Waals surface area (Å²) in [4.78, 5) is 18.0. The van der Waals surface area contributed by atoms with Gasteiger partial charge in [0.2, 0.25) is 5.92 Å². The zero-order valence-corrected chi connectivity index (χ0v) is 13.9. The summed E-state index contributed by atoms with van der Waals surface area (Å²) in [7, 11) is 1.65. The van der Waals surface area contributed by atoms with Crippen molar-refractivity contribution in [1.82, 2.24) is 9.88 Å². The van der Waals surface area contributed by atoms with Gasteiger partial charge < -0.3 is 10.6 Å². The number of nitrogens with zero attached hydrogens (tertiary/aromatic N) is 2. The van der Waals surface area contributed by atoms with Crippen LogP contribution in [0.4, 0.5) is 8.78 Å². The molecule has 22 heavy (non-hydrogen) atoms. The largest absolute Gasteiger partial charge is 0.337 e. The number of pyridine rings is 1. The topological polar surface area (TPSA) is 59.2 Å². The lowest BCUT2D eigenvalue weighted by Gasteiger charge is -2.34. The van der Waals surface area contributed by atoms with Crippen molar-refractivity contribution in [2.24, 2.45) is 5.73 Å². The summed E-state index contributed by atoms with van der Waals surface area (Å²) < 4.78 is 26.3. The molecule has 0 radical (unpaired) electrons. The number of amides is 1. The minimum Gasteiger partial charge on any atom is -0.337 e. The number of carbonyl (C=O) groups excluding carboxylic acids is 1. The highest BCUT2D eigenvalue weighted by atomic mass is 35.5. The maximum atomic E-state index is 13.1. The number of nitrogens with two attached hydrogens (primary N) is 1. The number of hydrogen-bond acceptors (Lipinski definition) is 3. The van der Waals surface area contributed by atoms with Crippen molar-refractivity contribution in [1.29, 1.82) is 0 Å². The first-order valence-electron chi connectivity index (χ1n) is 6.74. The third kappa shape index (κ3) is 5.04. The van der Waals surface area contributed by atoms with E-state index in [1.165, 1.54) is 4.90 Å². The van der Waals surface area contributed by atoms with Gasteiger partial charge in [-0.25, -0.2) is 13.8 Å². The van der Waals surface area contributed by atoms with Crippen molar-refractivity contribution >= 4 is 30.7 Å². The Morgan fingerprint density at radius 3 is 2.50 bits per heavy atom. The second kappa shape index (κ2) is 8.60. The van der Waals surface area contributed by atoms with Crippen LogP contribution in [0.15, 0.2) is 18.2 Å². The van der Waals surface area contributed by atoms with Gasteiger partial charge in [0, 0.05) is 32.5 Å². The van der Waals surface area contributed by atoms with Crippen molar-refractivity contribution in [3.05, 3.63) is 29.6 Å².